The molecule has 3 amide bonds. The maximum Gasteiger partial charge on any atom is 0.323 e. The number of aromatic nitrogens is 1. The van der Waals surface area contributed by atoms with Crippen molar-refractivity contribution in [2.24, 2.45) is 0 Å². The number of thioether (sulfide) groups is 1. The lowest BCUT2D eigenvalue weighted by atomic mass is 10.3. The smallest absolute Gasteiger partial charge is 0.323 e. The highest BCUT2D eigenvalue weighted by Gasteiger charge is 2.11. The molecule has 0 atom stereocenters. The van der Waals surface area contributed by atoms with Crippen LogP contribution in [0.1, 0.15) is 0 Å². The number of nitrogens with one attached hydrogen (secondary N) is 3. The van der Waals surface area contributed by atoms with E-state index in [2.05, 4.69) is 20.9 Å². The van der Waals surface area contributed by atoms with Gasteiger partial charge in [-0.25, -0.2) is 14.2 Å². The maximum absolute atomic E-state index is 13.6. The molecule has 1 heterocycles. The molecule has 0 radical (unpaired) electrons. The standard InChI is InChI=1S/C22H17FN4O2S2/c23-16-8-4-5-9-17(16)26-20(28)13-30-22-27-18-11-10-15(12-19(18)31-22)25-21(29)24-14-6-2-1-3-7-14/h1-12H,13H2,(H,26,28)(H2,24,25,29). The normalized spacial score (nSPS) is 10.6. The summed E-state index contributed by atoms with van der Waals surface area (Å²) in [5, 5.41) is 8.11. The van der Waals surface area contributed by atoms with Crippen LogP contribution in [0, 0.1) is 5.82 Å². The summed E-state index contributed by atoms with van der Waals surface area (Å²) in [5.41, 5.74) is 2.27. The molecular formula is C22H17FN4O2S2. The van der Waals surface area contributed by atoms with Gasteiger partial charge < -0.3 is 16.0 Å². The molecule has 156 valence electrons. The van der Waals surface area contributed by atoms with Crippen molar-refractivity contribution >= 4 is 62.3 Å². The van der Waals surface area contributed by atoms with Crippen molar-refractivity contribution in [2.75, 3.05) is 21.7 Å². The van der Waals surface area contributed by atoms with Crippen LogP contribution in [0.3, 0.4) is 0 Å². The minimum atomic E-state index is -0.475. The van der Waals surface area contributed by atoms with E-state index in [1.807, 2.05) is 30.3 Å². The molecule has 0 aliphatic heterocycles. The molecular weight excluding hydrogens is 435 g/mol. The van der Waals surface area contributed by atoms with Crippen molar-refractivity contribution in [2.45, 2.75) is 4.34 Å². The number of hydrogen-bond acceptors (Lipinski definition) is 5. The van der Waals surface area contributed by atoms with Gasteiger partial charge in [0.15, 0.2) is 4.34 Å². The van der Waals surface area contributed by atoms with E-state index in [-0.39, 0.29) is 23.4 Å². The van der Waals surface area contributed by atoms with Gasteiger partial charge in [-0.15, -0.1) is 11.3 Å². The Morgan fingerprint density at radius 2 is 1.65 bits per heavy atom. The van der Waals surface area contributed by atoms with E-state index in [4.69, 9.17) is 0 Å². The van der Waals surface area contributed by atoms with Gasteiger partial charge in [-0.1, -0.05) is 42.1 Å². The van der Waals surface area contributed by atoms with Crippen molar-refractivity contribution in [1.29, 1.82) is 0 Å². The van der Waals surface area contributed by atoms with Crippen LogP contribution in [0.2, 0.25) is 0 Å². The number of amides is 3. The minimum absolute atomic E-state index is 0.110. The molecule has 3 aromatic carbocycles. The van der Waals surface area contributed by atoms with Gasteiger partial charge in [0, 0.05) is 11.4 Å². The lowest BCUT2D eigenvalue weighted by Crippen LogP contribution is -2.19. The number of para-hydroxylation sites is 2. The summed E-state index contributed by atoms with van der Waals surface area (Å²) in [6.07, 6.45) is 0. The molecule has 4 rings (SSSR count). The van der Waals surface area contributed by atoms with E-state index in [0.29, 0.717) is 15.7 Å². The third-order valence-electron chi connectivity index (χ3n) is 4.13. The van der Waals surface area contributed by atoms with Crippen LogP contribution in [0.4, 0.5) is 26.2 Å². The van der Waals surface area contributed by atoms with Crippen LogP contribution in [-0.2, 0) is 4.79 Å². The molecule has 9 heteroatoms. The fraction of sp³-hybridized carbons (Fsp3) is 0.0455. The molecule has 0 unspecified atom stereocenters. The van der Waals surface area contributed by atoms with Gasteiger partial charge in [-0.05, 0) is 42.5 Å². The Morgan fingerprint density at radius 3 is 2.45 bits per heavy atom. The zero-order chi connectivity index (χ0) is 21.6. The number of urea groups is 1. The van der Waals surface area contributed by atoms with Gasteiger partial charge in [0.25, 0.3) is 0 Å². The van der Waals surface area contributed by atoms with Crippen LogP contribution in [0.5, 0.6) is 0 Å². The van der Waals surface area contributed by atoms with Gasteiger partial charge in [0.05, 0.1) is 21.7 Å². The van der Waals surface area contributed by atoms with E-state index in [9.17, 15) is 14.0 Å². The fourth-order valence-electron chi connectivity index (χ4n) is 2.73. The summed E-state index contributed by atoms with van der Waals surface area (Å²) < 4.78 is 15.2. The molecule has 4 aromatic rings. The number of benzene rings is 3. The van der Waals surface area contributed by atoms with Crippen LogP contribution < -0.4 is 16.0 Å². The Kier molecular flexibility index (Phi) is 6.44. The second kappa shape index (κ2) is 9.59. The Labute approximate surface area is 185 Å². The Bertz CT molecular complexity index is 1230. The Morgan fingerprint density at radius 1 is 0.903 bits per heavy atom. The third-order valence-corrected chi connectivity index (χ3v) is 6.29. The molecule has 6 nitrogen and oxygen atoms in total. The predicted octanol–water partition coefficient (Wildman–Crippen LogP) is 5.81. The van der Waals surface area contributed by atoms with Crippen molar-refractivity contribution < 1.29 is 14.0 Å². The summed E-state index contributed by atoms with van der Waals surface area (Å²) in [6.45, 7) is 0. The Hall–Kier alpha value is -3.43. The average molecular weight is 453 g/mol. The fourth-order valence-corrected chi connectivity index (χ4v) is 4.64. The van der Waals surface area contributed by atoms with Gasteiger partial charge in [0.1, 0.15) is 5.82 Å². The molecule has 3 N–H and O–H groups in total. The van der Waals surface area contributed by atoms with Crippen LogP contribution in [-0.4, -0.2) is 22.7 Å². The highest BCUT2D eigenvalue weighted by atomic mass is 32.2. The summed E-state index contributed by atoms with van der Waals surface area (Å²) in [6, 6.07) is 20.3. The zero-order valence-electron chi connectivity index (χ0n) is 16.1. The van der Waals surface area contributed by atoms with Crippen LogP contribution in [0.15, 0.2) is 77.1 Å². The molecule has 0 spiro atoms. The second-order valence-corrected chi connectivity index (χ2v) is 8.68. The summed E-state index contributed by atoms with van der Waals surface area (Å²) in [5.74, 6) is -0.676. The number of hydrogen-bond donors (Lipinski definition) is 3. The van der Waals surface area contributed by atoms with E-state index in [1.54, 1.807) is 30.3 Å². The van der Waals surface area contributed by atoms with Crippen molar-refractivity contribution in [3.63, 3.8) is 0 Å². The van der Waals surface area contributed by atoms with Gasteiger partial charge in [-0.2, -0.15) is 0 Å². The van der Waals surface area contributed by atoms with Gasteiger partial charge >= 0.3 is 6.03 Å². The molecule has 0 saturated carbocycles. The number of rotatable bonds is 6. The monoisotopic (exact) mass is 452 g/mol. The molecule has 0 bridgehead atoms. The predicted molar refractivity (Wildman–Crippen MR) is 124 cm³/mol. The van der Waals surface area contributed by atoms with E-state index < -0.39 is 5.82 Å². The highest BCUT2D eigenvalue weighted by molar-refractivity contribution is 8.01. The quantitative estimate of drug-likeness (QED) is 0.322. The summed E-state index contributed by atoms with van der Waals surface area (Å²) in [4.78, 5) is 28.8. The third kappa shape index (κ3) is 5.59. The second-order valence-electron chi connectivity index (χ2n) is 6.42. The van der Waals surface area contributed by atoms with E-state index >= 15 is 0 Å². The molecule has 0 fully saturated rings. The number of carbonyl (C=O) groups excluding carboxylic acids is 2. The summed E-state index contributed by atoms with van der Waals surface area (Å²) in [7, 11) is 0. The first-order valence-electron chi connectivity index (χ1n) is 9.28. The molecule has 0 saturated heterocycles. The molecule has 0 aliphatic rings. The first-order valence-corrected chi connectivity index (χ1v) is 11.1. The van der Waals surface area contributed by atoms with Gasteiger partial charge in [0.2, 0.25) is 5.91 Å². The molecule has 1 aromatic heterocycles. The number of carbonyl (C=O) groups is 2. The zero-order valence-corrected chi connectivity index (χ0v) is 17.7. The van der Waals surface area contributed by atoms with Crippen LogP contribution in [0.25, 0.3) is 10.2 Å². The van der Waals surface area contributed by atoms with E-state index in [0.717, 1.165) is 10.2 Å². The number of halogens is 1. The summed E-state index contributed by atoms with van der Waals surface area (Å²) >= 11 is 2.69. The highest BCUT2D eigenvalue weighted by Crippen LogP contribution is 2.31. The average Bonchev–Trinajstić information content (AvgIpc) is 3.17. The first kappa shape index (κ1) is 20.8. The van der Waals surface area contributed by atoms with Crippen molar-refractivity contribution in [3.05, 3.63) is 78.6 Å². The number of thiazole rings is 1. The topological polar surface area (TPSA) is 83.1 Å². The molecule has 31 heavy (non-hydrogen) atoms. The lowest BCUT2D eigenvalue weighted by molar-refractivity contribution is -0.113. The van der Waals surface area contributed by atoms with Crippen LogP contribution >= 0.6 is 23.1 Å². The van der Waals surface area contributed by atoms with Gasteiger partial charge in [-0.3, -0.25) is 4.79 Å². The van der Waals surface area contributed by atoms with Crippen molar-refractivity contribution in [1.82, 2.24) is 4.98 Å². The SMILES string of the molecule is O=C(CSc1nc2ccc(NC(=O)Nc3ccccc3)cc2s1)Nc1ccccc1F. The van der Waals surface area contributed by atoms with Crippen molar-refractivity contribution in [3.8, 4) is 0 Å². The largest absolute Gasteiger partial charge is 0.323 e. The number of fused-ring (bicyclic) bond motifs is 1. The number of nitrogens with zero attached hydrogens (tertiary/aromatic N) is 1. The Balaban J connectivity index is 1.35. The van der Waals surface area contributed by atoms with E-state index in [1.165, 1.54) is 35.2 Å². The minimum Gasteiger partial charge on any atom is -0.323 e. The number of anilines is 3. The maximum atomic E-state index is 13.6. The molecule has 0 aliphatic carbocycles. The first-order chi connectivity index (χ1) is 15.1. The lowest BCUT2D eigenvalue weighted by Gasteiger charge is -2.07.